The summed E-state index contributed by atoms with van der Waals surface area (Å²) in [6, 6.07) is 7.03. The van der Waals surface area contributed by atoms with Gasteiger partial charge in [0.25, 0.3) is 5.56 Å². The average Bonchev–Trinajstić information content (AvgIpc) is 2.56. The van der Waals surface area contributed by atoms with Crippen molar-refractivity contribution in [2.75, 3.05) is 6.67 Å². The quantitative estimate of drug-likeness (QED) is 0.767. The monoisotopic (exact) mass is 334 g/mol. The van der Waals surface area contributed by atoms with E-state index in [2.05, 4.69) is 5.32 Å². The molecule has 8 heteroatoms. The number of aromatic nitrogens is 1. The third-order valence-corrected chi connectivity index (χ3v) is 3.43. The highest BCUT2D eigenvalue weighted by Gasteiger charge is 2.23. The van der Waals surface area contributed by atoms with Crippen molar-refractivity contribution in [2.45, 2.75) is 19.0 Å². The molecule has 1 amide bonds. The Balaban J connectivity index is 2.16. The molecule has 0 saturated carbocycles. The van der Waals surface area contributed by atoms with Gasteiger partial charge in [0, 0.05) is 11.6 Å². The molecule has 0 spiro atoms. The first-order valence-corrected chi connectivity index (χ1v) is 7.10. The molecule has 0 aliphatic rings. The molecule has 0 aliphatic heterocycles. The molecule has 1 atom stereocenters. The van der Waals surface area contributed by atoms with E-state index in [4.69, 9.17) is 5.11 Å². The molecule has 2 rings (SSSR count). The molecule has 0 radical (unpaired) electrons. The van der Waals surface area contributed by atoms with E-state index in [1.165, 1.54) is 6.20 Å². The first kappa shape index (κ1) is 17.3. The van der Waals surface area contributed by atoms with Crippen LogP contribution in [0.1, 0.15) is 6.42 Å². The number of nitrogens with one attached hydrogen (secondary N) is 1. The number of halogens is 1. The Morgan fingerprint density at radius 2 is 1.92 bits per heavy atom. The number of alkyl halides is 1. The Morgan fingerprint density at radius 3 is 2.58 bits per heavy atom. The summed E-state index contributed by atoms with van der Waals surface area (Å²) in [4.78, 5) is 46.3. The highest BCUT2D eigenvalue weighted by molar-refractivity contribution is 5.92. The van der Waals surface area contributed by atoms with Crippen LogP contribution in [0.3, 0.4) is 0 Å². The van der Waals surface area contributed by atoms with E-state index in [1.54, 1.807) is 30.3 Å². The third kappa shape index (κ3) is 4.03. The number of carboxylic acids is 1. The zero-order valence-electron chi connectivity index (χ0n) is 12.6. The number of pyridine rings is 1. The molecule has 1 aromatic heterocycles. The van der Waals surface area contributed by atoms with Crippen molar-refractivity contribution in [3.05, 3.63) is 46.9 Å². The third-order valence-electron chi connectivity index (χ3n) is 3.43. The highest BCUT2D eigenvalue weighted by atomic mass is 19.1. The van der Waals surface area contributed by atoms with E-state index in [0.29, 0.717) is 5.39 Å². The van der Waals surface area contributed by atoms with Gasteiger partial charge < -0.3 is 15.0 Å². The standard InChI is InChI=1S/C16H15FN2O5/c17-8-13(20)12(7-15(22)23)18-14(21)9-19-6-5-10-3-1-2-4-11(10)16(19)24/h1-6,12H,7-9H2,(H,18,21)(H,22,23). The van der Waals surface area contributed by atoms with Gasteiger partial charge in [-0.1, -0.05) is 18.2 Å². The maximum absolute atomic E-state index is 12.5. The minimum Gasteiger partial charge on any atom is -0.481 e. The van der Waals surface area contributed by atoms with Gasteiger partial charge in [-0.05, 0) is 17.5 Å². The largest absolute Gasteiger partial charge is 0.481 e. The Hall–Kier alpha value is -3.03. The van der Waals surface area contributed by atoms with Gasteiger partial charge in [-0.3, -0.25) is 19.2 Å². The Bertz CT molecular complexity index is 846. The second kappa shape index (κ2) is 7.49. The van der Waals surface area contributed by atoms with Gasteiger partial charge in [0.15, 0.2) is 5.78 Å². The van der Waals surface area contributed by atoms with Gasteiger partial charge in [-0.2, -0.15) is 0 Å². The number of benzene rings is 1. The van der Waals surface area contributed by atoms with Crippen LogP contribution in [-0.4, -0.2) is 40.0 Å². The Kier molecular flexibility index (Phi) is 5.41. The summed E-state index contributed by atoms with van der Waals surface area (Å²) in [6.45, 7) is -1.78. The second-order valence-electron chi connectivity index (χ2n) is 5.15. The number of Topliss-reactive ketones (excluding diaryl/α,β-unsaturated/α-hetero) is 1. The summed E-state index contributed by atoms with van der Waals surface area (Å²) < 4.78 is 13.6. The van der Waals surface area contributed by atoms with Crippen molar-refractivity contribution in [3.8, 4) is 0 Å². The lowest BCUT2D eigenvalue weighted by atomic mass is 10.1. The summed E-state index contributed by atoms with van der Waals surface area (Å²) in [6.07, 6.45) is 0.703. The Labute approximate surface area is 135 Å². The van der Waals surface area contributed by atoms with Crippen LogP contribution in [0, 0.1) is 0 Å². The molecule has 1 unspecified atom stereocenters. The van der Waals surface area contributed by atoms with Crippen molar-refractivity contribution in [1.82, 2.24) is 9.88 Å². The van der Waals surface area contributed by atoms with Crippen molar-refractivity contribution in [2.24, 2.45) is 0 Å². The van der Waals surface area contributed by atoms with Gasteiger partial charge in [0.2, 0.25) is 5.91 Å². The van der Waals surface area contributed by atoms with E-state index < -0.39 is 48.9 Å². The van der Waals surface area contributed by atoms with Crippen LogP contribution in [0.15, 0.2) is 41.3 Å². The number of nitrogens with zero attached hydrogens (tertiary/aromatic N) is 1. The number of rotatable bonds is 7. The van der Waals surface area contributed by atoms with Crippen LogP contribution in [-0.2, 0) is 20.9 Å². The number of carbonyl (C=O) groups excluding carboxylic acids is 2. The fourth-order valence-corrected chi connectivity index (χ4v) is 2.26. The lowest BCUT2D eigenvalue weighted by Gasteiger charge is -2.15. The summed E-state index contributed by atoms with van der Waals surface area (Å²) >= 11 is 0. The molecular formula is C16H15FN2O5. The van der Waals surface area contributed by atoms with Crippen LogP contribution in [0.25, 0.3) is 10.8 Å². The van der Waals surface area contributed by atoms with Crippen LogP contribution in [0.5, 0.6) is 0 Å². The highest BCUT2D eigenvalue weighted by Crippen LogP contribution is 2.08. The van der Waals surface area contributed by atoms with Gasteiger partial charge in [0.05, 0.1) is 6.42 Å². The van der Waals surface area contributed by atoms with Crippen LogP contribution >= 0.6 is 0 Å². The molecule has 2 N–H and O–H groups in total. The van der Waals surface area contributed by atoms with Crippen LogP contribution in [0.4, 0.5) is 4.39 Å². The molecule has 0 fully saturated rings. The van der Waals surface area contributed by atoms with Crippen LogP contribution in [0.2, 0.25) is 0 Å². The lowest BCUT2D eigenvalue weighted by molar-refractivity contribution is -0.140. The zero-order valence-corrected chi connectivity index (χ0v) is 12.6. The van der Waals surface area contributed by atoms with Crippen LogP contribution < -0.4 is 10.9 Å². The van der Waals surface area contributed by atoms with Crippen molar-refractivity contribution in [1.29, 1.82) is 0 Å². The topological polar surface area (TPSA) is 105 Å². The van der Waals surface area contributed by atoms with Gasteiger partial charge in [0.1, 0.15) is 19.3 Å². The molecule has 0 bridgehead atoms. The molecule has 2 aromatic rings. The number of carboxylic acid groups (broad SMARTS) is 1. The summed E-state index contributed by atoms with van der Waals surface area (Å²) in [5, 5.41) is 12.0. The van der Waals surface area contributed by atoms with Gasteiger partial charge in [-0.25, -0.2) is 4.39 Å². The second-order valence-corrected chi connectivity index (χ2v) is 5.15. The molecule has 1 heterocycles. The predicted octanol–water partition coefficient (Wildman–Crippen LogP) is 0.500. The number of amides is 1. The summed E-state index contributed by atoms with van der Waals surface area (Å²) in [5.41, 5.74) is -0.394. The molecule has 1 aromatic carbocycles. The van der Waals surface area contributed by atoms with Crippen molar-refractivity contribution in [3.63, 3.8) is 0 Å². The minimum atomic E-state index is -1.46. The van der Waals surface area contributed by atoms with E-state index >= 15 is 0 Å². The molecule has 24 heavy (non-hydrogen) atoms. The molecule has 7 nitrogen and oxygen atoms in total. The smallest absolute Gasteiger partial charge is 0.305 e. The fourth-order valence-electron chi connectivity index (χ4n) is 2.26. The van der Waals surface area contributed by atoms with Gasteiger partial charge >= 0.3 is 5.97 Å². The number of carbonyl (C=O) groups is 3. The van der Waals surface area contributed by atoms with E-state index in [1.807, 2.05) is 0 Å². The summed E-state index contributed by atoms with van der Waals surface area (Å²) in [7, 11) is 0. The van der Waals surface area contributed by atoms with Crippen molar-refractivity contribution >= 4 is 28.4 Å². The lowest BCUT2D eigenvalue weighted by Crippen LogP contribution is -2.45. The van der Waals surface area contributed by atoms with Gasteiger partial charge in [-0.15, -0.1) is 0 Å². The predicted molar refractivity (Wildman–Crippen MR) is 83.4 cm³/mol. The van der Waals surface area contributed by atoms with E-state index in [-0.39, 0.29) is 0 Å². The molecular weight excluding hydrogens is 319 g/mol. The normalized spacial score (nSPS) is 11.9. The fraction of sp³-hybridized carbons (Fsp3) is 0.250. The number of hydrogen-bond donors (Lipinski definition) is 2. The molecule has 0 saturated heterocycles. The van der Waals surface area contributed by atoms with E-state index in [9.17, 15) is 23.6 Å². The minimum absolute atomic E-state index is 0.394. The number of hydrogen-bond acceptors (Lipinski definition) is 4. The molecule has 0 aliphatic carbocycles. The molecule has 126 valence electrons. The number of ketones is 1. The number of aliphatic carboxylic acids is 1. The zero-order chi connectivity index (χ0) is 17.7. The Morgan fingerprint density at radius 1 is 1.21 bits per heavy atom. The maximum atomic E-state index is 12.5. The SMILES string of the molecule is O=C(O)CC(NC(=O)Cn1ccc2ccccc2c1=O)C(=O)CF. The summed E-state index contributed by atoms with van der Waals surface area (Å²) in [5.74, 6) is -3.12. The number of fused-ring (bicyclic) bond motifs is 1. The maximum Gasteiger partial charge on any atom is 0.305 e. The van der Waals surface area contributed by atoms with Crippen molar-refractivity contribution < 1.29 is 23.9 Å². The average molecular weight is 334 g/mol. The van der Waals surface area contributed by atoms with E-state index in [0.717, 1.165) is 9.95 Å². The first-order valence-electron chi connectivity index (χ1n) is 7.10. The first-order chi connectivity index (χ1) is 11.4.